The third kappa shape index (κ3) is 4.60. The lowest BCUT2D eigenvalue weighted by Gasteiger charge is -2.05. The molecule has 1 amide bonds. The maximum absolute atomic E-state index is 12.0. The highest BCUT2D eigenvalue weighted by Gasteiger charge is 2.06. The largest absolute Gasteiger partial charge is 0.347 e. The van der Waals surface area contributed by atoms with E-state index in [1.54, 1.807) is 30.5 Å². The van der Waals surface area contributed by atoms with Gasteiger partial charge in [-0.25, -0.2) is 4.98 Å². The summed E-state index contributed by atoms with van der Waals surface area (Å²) < 4.78 is 0. The van der Waals surface area contributed by atoms with Gasteiger partial charge in [0.1, 0.15) is 5.69 Å². The van der Waals surface area contributed by atoms with E-state index in [0.717, 1.165) is 11.1 Å². The highest BCUT2D eigenvalue weighted by Crippen LogP contribution is 2.10. The Morgan fingerprint density at radius 1 is 1.33 bits per heavy atom. The van der Waals surface area contributed by atoms with E-state index in [0.29, 0.717) is 23.8 Å². The molecule has 1 aromatic heterocycles. The van der Waals surface area contributed by atoms with Crippen LogP contribution in [0.2, 0.25) is 5.02 Å². The second kappa shape index (κ2) is 7.44. The quantitative estimate of drug-likeness (QED) is 0.852. The summed E-state index contributed by atoms with van der Waals surface area (Å²) in [7, 11) is 0. The van der Waals surface area contributed by atoms with Gasteiger partial charge in [-0.05, 0) is 29.8 Å². The van der Waals surface area contributed by atoms with Crippen LogP contribution in [0.1, 0.15) is 21.6 Å². The summed E-state index contributed by atoms with van der Waals surface area (Å²) >= 11 is 5.89. The van der Waals surface area contributed by atoms with Crippen LogP contribution in [-0.4, -0.2) is 17.4 Å². The molecule has 0 aliphatic rings. The van der Waals surface area contributed by atoms with Gasteiger partial charge >= 0.3 is 0 Å². The van der Waals surface area contributed by atoms with Gasteiger partial charge in [-0.2, -0.15) is 0 Å². The monoisotopic (exact) mass is 299 g/mol. The standard InChI is InChI=1S/C16H14ClN3O/c17-14-5-1-3-13(9-14)11-20-16(21)15-7-6-12(10-19-15)4-2-8-18/h1,3,5-7,9-10H,8,11,18H2,(H,20,21). The van der Waals surface area contributed by atoms with Crippen LogP contribution >= 0.6 is 11.6 Å². The summed E-state index contributed by atoms with van der Waals surface area (Å²) in [5.74, 6) is 5.34. The van der Waals surface area contributed by atoms with E-state index in [-0.39, 0.29) is 5.91 Å². The normalized spacial score (nSPS) is 9.62. The van der Waals surface area contributed by atoms with E-state index in [4.69, 9.17) is 17.3 Å². The van der Waals surface area contributed by atoms with E-state index >= 15 is 0 Å². The lowest BCUT2D eigenvalue weighted by molar-refractivity contribution is 0.0946. The van der Waals surface area contributed by atoms with Crippen LogP contribution in [-0.2, 0) is 6.54 Å². The van der Waals surface area contributed by atoms with Gasteiger partial charge in [-0.3, -0.25) is 4.79 Å². The molecule has 106 valence electrons. The average molecular weight is 300 g/mol. The van der Waals surface area contributed by atoms with Gasteiger partial charge in [0, 0.05) is 23.3 Å². The molecule has 21 heavy (non-hydrogen) atoms. The Hall–Kier alpha value is -2.35. The van der Waals surface area contributed by atoms with Crippen LogP contribution in [0.5, 0.6) is 0 Å². The lowest BCUT2D eigenvalue weighted by Crippen LogP contribution is -2.23. The molecule has 0 bridgehead atoms. The highest BCUT2D eigenvalue weighted by atomic mass is 35.5. The minimum atomic E-state index is -0.242. The van der Waals surface area contributed by atoms with E-state index in [2.05, 4.69) is 22.1 Å². The molecule has 0 saturated carbocycles. The second-order valence-electron chi connectivity index (χ2n) is 4.25. The Bertz CT molecular complexity index is 687. The zero-order valence-electron chi connectivity index (χ0n) is 11.3. The molecule has 0 spiro atoms. The van der Waals surface area contributed by atoms with Gasteiger partial charge in [0.15, 0.2) is 0 Å². The summed E-state index contributed by atoms with van der Waals surface area (Å²) in [6, 6.07) is 10.7. The minimum absolute atomic E-state index is 0.242. The zero-order chi connectivity index (χ0) is 15.1. The Morgan fingerprint density at radius 3 is 2.86 bits per heavy atom. The van der Waals surface area contributed by atoms with Crippen LogP contribution in [0, 0.1) is 11.8 Å². The SMILES string of the molecule is NCC#Cc1ccc(C(=O)NCc2cccc(Cl)c2)nc1. The van der Waals surface area contributed by atoms with Crippen molar-refractivity contribution in [3.05, 3.63) is 64.4 Å². The molecule has 2 aromatic rings. The molecule has 0 aliphatic carbocycles. The van der Waals surface area contributed by atoms with Crippen molar-refractivity contribution in [3.63, 3.8) is 0 Å². The van der Waals surface area contributed by atoms with Crippen molar-refractivity contribution >= 4 is 17.5 Å². The summed E-state index contributed by atoms with van der Waals surface area (Å²) in [5.41, 5.74) is 7.30. The molecular formula is C16H14ClN3O. The van der Waals surface area contributed by atoms with Crippen LogP contribution < -0.4 is 11.1 Å². The molecule has 5 heteroatoms. The number of aromatic nitrogens is 1. The van der Waals surface area contributed by atoms with Gasteiger partial charge < -0.3 is 11.1 Å². The first-order chi connectivity index (χ1) is 10.2. The van der Waals surface area contributed by atoms with Crippen LogP contribution in [0.4, 0.5) is 0 Å². The van der Waals surface area contributed by atoms with Crippen molar-refractivity contribution in [2.45, 2.75) is 6.54 Å². The summed E-state index contributed by atoms with van der Waals surface area (Å²) in [6.07, 6.45) is 1.55. The molecule has 0 fully saturated rings. The van der Waals surface area contributed by atoms with E-state index in [1.165, 1.54) is 0 Å². The van der Waals surface area contributed by atoms with Crippen molar-refractivity contribution in [3.8, 4) is 11.8 Å². The fourth-order valence-electron chi connectivity index (χ4n) is 1.68. The van der Waals surface area contributed by atoms with Crippen LogP contribution in [0.25, 0.3) is 0 Å². The number of carbonyl (C=O) groups is 1. The predicted molar refractivity (Wildman–Crippen MR) is 82.8 cm³/mol. The average Bonchev–Trinajstić information content (AvgIpc) is 2.51. The number of nitrogens with one attached hydrogen (secondary N) is 1. The zero-order valence-corrected chi connectivity index (χ0v) is 12.0. The van der Waals surface area contributed by atoms with Gasteiger partial charge in [0.25, 0.3) is 5.91 Å². The van der Waals surface area contributed by atoms with Gasteiger partial charge in [-0.15, -0.1) is 0 Å². The Morgan fingerprint density at radius 2 is 2.19 bits per heavy atom. The summed E-state index contributed by atoms with van der Waals surface area (Å²) in [4.78, 5) is 16.0. The van der Waals surface area contributed by atoms with E-state index in [1.807, 2.05) is 12.1 Å². The highest BCUT2D eigenvalue weighted by molar-refractivity contribution is 6.30. The van der Waals surface area contributed by atoms with Crippen molar-refractivity contribution in [1.29, 1.82) is 0 Å². The van der Waals surface area contributed by atoms with Crippen molar-refractivity contribution < 1.29 is 4.79 Å². The van der Waals surface area contributed by atoms with Crippen LogP contribution in [0.15, 0.2) is 42.6 Å². The smallest absolute Gasteiger partial charge is 0.270 e. The first-order valence-electron chi connectivity index (χ1n) is 6.36. The molecule has 2 rings (SSSR count). The summed E-state index contributed by atoms with van der Waals surface area (Å²) in [5, 5.41) is 3.43. The van der Waals surface area contributed by atoms with E-state index in [9.17, 15) is 4.79 Å². The maximum Gasteiger partial charge on any atom is 0.270 e. The first-order valence-corrected chi connectivity index (χ1v) is 6.74. The molecule has 0 radical (unpaired) electrons. The third-order valence-electron chi connectivity index (χ3n) is 2.67. The lowest BCUT2D eigenvalue weighted by atomic mass is 10.2. The van der Waals surface area contributed by atoms with Crippen molar-refractivity contribution in [2.75, 3.05) is 6.54 Å². The molecule has 3 N–H and O–H groups in total. The van der Waals surface area contributed by atoms with Gasteiger partial charge in [0.05, 0.1) is 6.54 Å². The fraction of sp³-hybridized carbons (Fsp3) is 0.125. The second-order valence-corrected chi connectivity index (χ2v) is 4.69. The number of hydrogen-bond acceptors (Lipinski definition) is 3. The fourth-order valence-corrected chi connectivity index (χ4v) is 1.89. The molecule has 1 aromatic carbocycles. The van der Waals surface area contributed by atoms with Crippen molar-refractivity contribution in [1.82, 2.24) is 10.3 Å². The Balaban J connectivity index is 1.97. The first kappa shape index (κ1) is 15.0. The van der Waals surface area contributed by atoms with Crippen molar-refractivity contribution in [2.24, 2.45) is 5.73 Å². The minimum Gasteiger partial charge on any atom is -0.347 e. The maximum atomic E-state index is 12.0. The number of nitrogens with zero attached hydrogens (tertiary/aromatic N) is 1. The van der Waals surface area contributed by atoms with Gasteiger partial charge in [0.2, 0.25) is 0 Å². The number of pyridine rings is 1. The topological polar surface area (TPSA) is 68.0 Å². The van der Waals surface area contributed by atoms with Gasteiger partial charge in [-0.1, -0.05) is 35.6 Å². The molecule has 4 nitrogen and oxygen atoms in total. The molecule has 1 heterocycles. The number of carbonyl (C=O) groups excluding carboxylic acids is 1. The third-order valence-corrected chi connectivity index (χ3v) is 2.91. The molecule has 0 unspecified atom stereocenters. The molecule has 0 atom stereocenters. The Labute approximate surface area is 128 Å². The number of rotatable bonds is 3. The number of nitrogens with two attached hydrogens (primary N) is 1. The van der Waals surface area contributed by atoms with E-state index < -0.39 is 0 Å². The molecule has 0 saturated heterocycles. The predicted octanol–water partition coefficient (Wildman–Crippen LogP) is 1.98. The number of benzene rings is 1. The summed E-state index contributed by atoms with van der Waals surface area (Å²) in [6.45, 7) is 0.692. The van der Waals surface area contributed by atoms with Crippen LogP contribution in [0.3, 0.4) is 0 Å². The molecular weight excluding hydrogens is 286 g/mol. The molecule has 0 aliphatic heterocycles. The number of amides is 1. The number of hydrogen-bond donors (Lipinski definition) is 2. The Kier molecular flexibility index (Phi) is 5.33. The number of halogens is 1.